The van der Waals surface area contributed by atoms with Crippen molar-refractivity contribution in [3.8, 4) is 0 Å². The van der Waals surface area contributed by atoms with Crippen LogP contribution in [-0.4, -0.2) is 0 Å². The van der Waals surface area contributed by atoms with Crippen LogP contribution in [0.1, 0.15) is 68.9 Å². The third kappa shape index (κ3) is 3.10. The first-order chi connectivity index (χ1) is 7.90. The van der Waals surface area contributed by atoms with Gasteiger partial charge >= 0.3 is 0 Å². The molecule has 0 N–H and O–H groups in total. The monoisotopic (exact) mass is 216 g/mol. The van der Waals surface area contributed by atoms with Gasteiger partial charge in [-0.3, -0.25) is 0 Å². The maximum absolute atomic E-state index is 2.44. The van der Waals surface area contributed by atoms with Gasteiger partial charge in [-0.15, -0.1) is 0 Å². The summed E-state index contributed by atoms with van der Waals surface area (Å²) in [4.78, 5) is 0. The average molecular weight is 216 g/mol. The molecule has 0 amide bonds. The Labute approximate surface area is 100 Å². The molecule has 1 aromatic rings. The summed E-state index contributed by atoms with van der Waals surface area (Å²) in [6.45, 7) is 2.25. The summed E-state index contributed by atoms with van der Waals surface area (Å²) in [7, 11) is 0. The predicted molar refractivity (Wildman–Crippen MR) is 70.9 cm³/mol. The zero-order valence-corrected chi connectivity index (χ0v) is 10.5. The lowest BCUT2D eigenvalue weighted by Crippen LogP contribution is -2.02. The molecular weight excluding hydrogens is 192 g/mol. The first-order valence-corrected chi connectivity index (χ1v) is 6.99. The molecule has 0 saturated heterocycles. The smallest absolute Gasteiger partial charge is 0.0162 e. The zero-order valence-electron chi connectivity index (χ0n) is 10.5. The number of hydrogen-bond acceptors (Lipinski definition) is 0. The number of aryl methyl sites for hydroxylation is 1. The maximum Gasteiger partial charge on any atom is -0.0162 e. The van der Waals surface area contributed by atoms with Crippen molar-refractivity contribution >= 4 is 0 Å². The molecular formula is C16H24. The fourth-order valence-electron chi connectivity index (χ4n) is 2.86. The summed E-state index contributed by atoms with van der Waals surface area (Å²) in [6.07, 6.45) is 11.2. The molecule has 0 heteroatoms. The second-order valence-electron chi connectivity index (χ2n) is 5.14. The molecule has 1 aromatic carbocycles. The first kappa shape index (κ1) is 11.7. The molecule has 88 valence electrons. The normalized spacial score (nSPS) is 19.1. The van der Waals surface area contributed by atoms with Gasteiger partial charge in [0.05, 0.1) is 0 Å². The van der Waals surface area contributed by atoms with E-state index in [1.54, 1.807) is 5.56 Å². The summed E-state index contributed by atoms with van der Waals surface area (Å²) < 4.78 is 0. The van der Waals surface area contributed by atoms with Gasteiger partial charge < -0.3 is 0 Å². The van der Waals surface area contributed by atoms with Gasteiger partial charge in [-0.1, -0.05) is 63.3 Å². The summed E-state index contributed by atoms with van der Waals surface area (Å²) in [6, 6.07) is 9.27. The summed E-state index contributed by atoms with van der Waals surface area (Å²) in [5.74, 6) is 0.840. The van der Waals surface area contributed by atoms with Crippen LogP contribution < -0.4 is 0 Å². The lowest BCUT2D eigenvalue weighted by molar-refractivity contribution is 0.455. The van der Waals surface area contributed by atoms with Crippen LogP contribution in [0.2, 0.25) is 0 Å². The highest BCUT2D eigenvalue weighted by molar-refractivity contribution is 5.26. The van der Waals surface area contributed by atoms with E-state index < -0.39 is 0 Å². The van der Waals surface area contributed by atoms with E-state index in [-0.39, 0.29) is 0 Å². The van der Waals surface area contributed by atoms with Crippen LogP contribution in [-0.2, 0) is 6.42 Å². The largest absolute Gasteiger partial charge is 0.0617 e. The molecule has 1 saturated carbocycles. The summed E-state index contributed by atoms with van der Waals surface area (Å²) >= 11 is 0. The molecule has 0 spiro atoms. The molecule has 0 radical (unpaired) electrons. The minimum atomic E-state index is 0.840. The van der Waals surface area contributed by atoms with Crippen LogP contribution >= 0.6 is 0 Å². The third-order valence-corrected chi connectivity index (χ3v) is 3.94. The fourth-order valence-corrected chi connectivity index (χ4v) is 2.86. The molecule has 0 atom stereocenters. The molecule has 0 heterocycles. The van der Waals surface area contributed by atoms with Crippen LogP contribution in [0.25, 0.3) is 0 Å². The van der Waals surface area contributed by atoms with Gasteiger partial charge in [-0.05, 0) is 36.3 Å². The molecule has 0 unspecified atom stereocenters. The third-order valence-electron chi connectivity index (χ3n) is 3.94. The van der Waals surface area contributed by atoms with Crippen LogP contribution in [0.3, 0.4) is 0 Å². The Morgan fingerprint density at radius 3 is 2.38 bits per heavy atom. The van der Waals surface area contributed by atoms with Crippen molar-refractivity contribution in [2.75, 3.05) is 0 Å². The minimum Gasteiger partial charge on any atom is -0.0617 e. The standard InChI is InChI=1S/C16H24/c1-2-14-9-8-12-16(13-14)15-10-6-4-3-5-7-11-15/h8-9,12-13,15H,2-7,10-11H2,1H3. The highest BCUT2D eigenvalue weighted by Crippen LogP contribution is 2.31. The van der Waals surface area contributed by atoms with E-state index in [9.17, 15) is 0 Å². The maximum atomic E-state index is 2.44. The Balaban J connectivity index is 2.07. The molecule has 0 aliphatic heterocycles. The van der Waals surface area contributed by atoms with Gasteiger partial charge in [0.2, 0.25) is 0 Å². The van der Waals surface area contributed by atoms with Crippen molar-refractivity contribution in [3.05, 3.63) is 35.4 Å². The van der Waals surface area contributed by atoms with E-state index in [0.29, 0.717) is 0 Å². The highest BCUT2D eigenvalue weighted by Gasteiger charge is 2.13. The SMILES string of the molecule is CCc1cccc(C2CCCCCCC2)c1. The van der Waals surface area contributed by atoms with Crippen LogP contribution in [0, 0.1) is 0 Å². The van der Waals surface area contributed by atoms with Gasteiger partial charge in [-0.2, -0.15) is 0 Å². The fraction of sp³-hybridized carbons (Fsp3) is 0.625. The molecule has 2 rings (SSSR count). The molecule has 0 aromatic heterocycles. The van der Waals surface area contributed by atoms with Gasteiger partial charge in [0, 0.05) is 0 Å². The van der Waals surface area contributed by atoms with Crippen molar-refractivity contribution < 1.29 is 0 Å². The number of hydrogen-bond donors (Lipinski definition) is 0. The van der Waals surface area contributed by atoms with Crippen molar-refractivity contribution in [2.24, 2.45) is 0 Å². The van der Waals surface area contributed by atoms with Gasteiger partial charge in [0.1, 0.15) is 0 Å². The van der Waals surface area contributed by atoms with Crippen LogP contribution in [0.4, 0.5) is 0 Å². The Hall–Kier alpha value is -0.780. The topological polar surface area (TPSA) is 0 Å². The second-order valence-corrected chi connectivity index (χ2v) is 5.14. The molecule has 1 aliphatic rings. The Morgan fingerprint density at radius 2 is 1.69 bits per heavy atom. The van der Waals surface area contributed by atoms with Crippen molar-refractivity contribution in [2.45, 2.75) is 64.2 Å². The summed E-state index contributed by atoms with van der Waals surface area (Å²) in [5, 5.41) is 0. The Bertz CT molecular complexity index is 306. The lowest BCUT2D eigenvalue weighted by atomic mass is 9.85. The van der Waals surface area contributed by atoms with E-state index in [1.807, 2.05) is 0 Å². The first-order valence-electron chi connectivity index (χ1n) is 6.99. The molecule has 1 aliphatic carbocycles. The molecule has 0 bridgehead atoms. The Kier molecular flexibility index (Phi) is 4.44. The van der Waals surface area contributed by atoms with Gasteiger partial charge in [0.25, 0.3) is 0 Å². The van der Waals surface area contributed by atoms with Gasteiger partial charge in [0.15, 0.2) is 0 Å². The number of benzene rings is 1. The zero-order chi connectivity index (χ0) is 11.2. The molecule has 0 nitrogen and oxygen atoms in total. The highest BCUT2D eigenvalue weighted by atomic mass is 14.2. The molecule has 1 fully saturated rings. The van der Waals surface area contributed by atoms with E-state index in [1.165, 1.54) is 56.9 Å². The van der Waals surface area contributed by atoms with Crippen LogP contribution in [0.5, 0.6) is 0 Å². The number of rotatable bonds is 2. The van der Waals surface area contributed by atoms with E-state index >= 15 is 0 Å². The average Bonchev–Trinajstić information content (AvgIpc) is 2.29. The van der Waals surface area contributed by atoms with Crippen molar-refractivity contribution in [1.82, 2.24) is 0 Å². The predicted octanol–water partition coefficient (Wildman–Crippen LogP) is 5.08. The van der Waals surface area contributed by atoms with E-state index in [0.717, 1.165) is 5.92 Å². The quantitative estimate of drug-likeness (QED) is 0.647. The molecule has 16 heavy (non-hydrogen) atoms. The van der Waals surface area contributed by atoms with E-state index in [2.05, 4.69) is 31.2 Å². The Morgan fingerprint density at radius 1 is 1.00 bits per heavy atom. The van der Waals surface area contributed by atoms with E-state index in [4.69, 9.17) is 0 Å². The summed E-state index contributed by atoms with van der Waals surface area (Å²) in [5.41, 5.74) is 3.10. The lowest BCUT2D eigenvalue weighted by Gasteiger charge is -2.20. The minimum absolute atomic E-state index is 0.840. The second kappa shape index (κ2) is 6.08. The van der Waals surface area contributed by atoms with Crippen molar-refractivity contribution in [1.29, 1.82) is 0 Å². The van der Waals surface area contributed by atoms with Gasteiger partial charge in [-0.25, -0.2) is 0 Å². The van der Waals surface area contributed by atoms with Crippen molar-refractivity contribution in [3.63, 3.8) is 0 Å². The van der Waals surface area contributed by atoms with Crippen LogP contribution in [0.15, 0.2) is 24.3 Å².